The van der Waals surface area contributed by atoms with Crippen molar-refractivity contribution < 1.29 is 0 Å². The minimum absolute atomic E-state index is 0.172. The van der Waals surface area contributed by atoms with Gasteiger partial charge >= 0.3 is 0 Å². The third kappa shape index (κ3) is 2.91. The summed E-state index contributed by atoms with van der Waals surface area (Å²) in [5.41, 5.74) is 2.06. The zero-order valence-corrected chi connectivity index (χ0v) is 12.5. The van der Waals surface area contributed by atoms with Crippen LogP contribution in [0.1, 0.15) is 0 Å². The van der Waals surface area contributed by atoms with Gasteiger partial charge in [0.2, 0.25) is 0 Å². The van der Waals surface area contributed by atoms with Crippen LogP contribution in [0.5, 0.6) is 0 Å². The zero-order chi connectivity index (χ0) is 14.7. The lowest BCUT2D eigenvalue weighted by Gasteiger charge is -2.14. The Morgan fingerprint density at radius 2 is 1.75 bits per heavy atom. The van der Waals surface area contributed by atoms with Crippen LogP contribution in [0.2, 0.25) is 10.0 Å². The van der Waals surface area contributed by atoms with E-state index in [9.17, 15) is 0 Å². The first kappa shape index (κ1) is 14.7. The molecule has 0 bridgehead atoms. The molecule has 0 fully saturated rings. The van der Waals surface area contributed by atoms with Crippen LogP contribution in [0.3, 0.4) is 0 Å². The molecule has 6 heteroatoms. The minimum Gasteiger partial charge on any atom is -0.278 e. The van der Waals surface area contributed by atoms with Gasteiger partial charge in [0.1, 0.15) is 0 Å². The highest BCUT2D eigenvalue weighted by Crippen LogP contribution is 2.35. The fourth-order valence-corrected chi connectivity index (χ4v) is 2.44. The Kier molecular flexibility index (Phi) is 4.56. The van der Waals surface area contributed by atoms with E-state index in [0.29, 0.717) is 15.7 Å². The molecule has 0 radical (unpaired) electrons. The van der Waals surface area contributed by atoms with Crippen LogP contribution in [-0.4, -0.2) is 5.17 Å². The Morgan fingerprint density at radius 1 is 1.10 bits per heavy atom. The highest BCUT2D eigenvalue weighted by atomic mass is 35.5. The molecule has 0 aliphatic heterocycles. The van der Waals surface area contributed by atoms with Crippen LogP contribution >= 0.6 is 35.8 Å². The van der Waals surface area contributed by atoms with E-state index in [1.807, 2.05) is 24.4 Å². The summed E-state index contributed by atoms with van der Waals surface area (Å²) in [5, 5.41) is 17.3. The first-order valence-electron chi connectivity index (χ1n) is 5.56. The minimum atomic E-state index is -0.172. The van der Waals surface area contributed by atoms with Crippen LogP contribution in [0, 0.1) is 16.9 Å². The predicted octanol–water partition coefficient (Wildman–Crippen LogP) is 4.81. The molecule has 0 atom stereocenters. The zero-order valence-electron chi connectivity index (χ0n) is 10.1. The summed E-state index contributed by atoms with van der Waals surface area (Å²) in [6.45, 7) is 0. The van der Waals surface area contributed by atoms with Crippen molar-refractivity contribution in [3.05, 3.63) is 52.5 Å². The molecule has 0 saturated heterocycles. The maximum Gasteiger partial charge on any atom is 0.191 e. The van der Waals surface area contributed by atoms with Gasteiger partial charge in [-0.2, -0.15) is 5.26 Å². The third-order valence-electron chi connectivity index (χ3n) is 2.69. The first-order chi connectivity index (χ1) is 9.54. The fraction of sp³-hybridized carbons (Fsp3) is 0. The van der Waals surface area contributed by atoms with E-state index in [-0.39, 0.29) is 5.17 Å². The lowest BCUT2D eigenvalue weighted by molar-refractivity contribution is 1.31. The first-order valence-corrected chi connectivity index (χ1v) is 6.76. The van der Waals surface area contributed by atoms with E-state index in [1.54, 1.807) is 24.3 Å². The van der Waals surface area contributed by atoms with Crippen LogP contribution in [0.25, 0.3) is 11.1 Å². The molecule has 2 aromatic carbocycles. The smallest absolute Gasteiger partial charge is 0.191 e. The van der Waals surface area contributed by atoms with Crippen molar-refractivity contribution in [1.82, 2.24) is 0 Å². The molecule has 0 spiro atoms. The summed E-state index contributed by atoms with van der Waals surface area (Å²) in [7, 11) is 0. The number of amidine groups is 1. The highest BCUT2D eigenvalue weighted by molar-refractivity contribution is 7.97. The van der Waals surface area contributed by atoms with Gasteiger partial charge in [0.15, 0.2) is 11.4 Å². The monoisotopic (exact) mass is 321 g/mol. The van der Waals surface area contributed by atoms with Crippen molar-refractivity contribution in [3.8, 4) is 17.3 Å². The van der Waals surface area contributed by atoms with Crippen molar-refractivity contribution >= 4 is 46.7 Å². The number of benzene rings is 2. The molecule has 100 valence electrons. The molecule has 0 aliphatic carbocycles. The van der Waals surface area contributed by atoms with Gasteiger partial charge in [0, 0.05) is 16.1 Å². The molecule has 3 nitrogen and oxygen atoms in total. The molecule has 0 aromatic heterocycles. The number of thiol groups is 1. The number of nitrogens with zero attached hydrogens (tertiary/aromatic N) is 2. The summed E-state index contributed by atoms with van der Waals surface area (Å²) in [4.78, 5) is 1.06. The SMILES string of the molecule is N#CN(C(=N)S)c1ccc(-c2ccccc2Cl)c(Cl)c1. The second-order valence-corrected chi connectivity index (χ2v) is 5.14. The molecule has 0 aliphatic rings. The Balaban J connectivity index is 2.49. The van der Waals surface area contributed by atoms with Gasteiger partial charge < -0.3 is 0 Å². The van der Waals surface area contributed by atoms with Crippen molar-refractivity contribution in [2.75, 3.05) is 4.90 Å². The molecule has 20 heavy (non-hydrogen) atoms. The molecule has 2 aromatic rings. The summed E-state index contributed by atoms with van der Waals surface area (Å²) in [6.07, 6.45) is 1.86. The number of rotatable bonds is 2. The molecule has 1 N–H and O–H groups in total. The lowest BCUT2D eigenvalue weighted by Crippen LogP contribution is -2.19. The number of halogens is 2. The summed E-state index contributed by atoms with van der Waals surface area (Å²) >= 11 is 16.2. The molecule has 0 saturated carbocycles. The van der Waals surface area contributed by atoms with Crippen molar-refractivity contribution in [2.45, 2.75) is 0 Å². The van der Waals surface area contributed by atoms with E-state index >= 15 is 0 Å². The van der Waals surface area contributed by atoms with Crippen LogP contribution in [0.4, 0.5) is 5.69 Å². The van der Waals surface area contributed by atoms with Gasteiger partial charge in [-0.1, -0.05) is 47.5 Å². The van der Waals surface area contributed by atoms with Crippen LogP contribution < -0.4 is 4.90 Å². The number of anilines is 1. The van der Waals surface area contributed by atoms with Gasteiger partial charge in [-0.05, 0) is 18.2 Å². The molecular weight excluding hydrogens is 313 g/mol. The summed E-state index contributed by atoms with van der Waals surface area (Å²) in [6, 6.07) is 12.4. The Morgan fingerprint density at radius 3 is 2.30 bits per heavy atom. The molecular formula is C14H9Cl2N3S. The molecule has 0 heterocycles. The average molecular weight is 322 g/mol. The molecule has 0 amide bonds. The number of hydrogen-bond acceptors (Lipinski definition) is 2. The fourth-order valence-electron chi connectivity index (χ4n) is 1.77. The largest absolute Gasteiger partial charge is 0.278 e. The van der Waals surface area contributed by atoms with Gasteiger partial charge in [0.25, 0.3) is 0 Å². The second-order valence-electron chi connectivity index (χ2n) is 3.90. The summed E-state index contributed by atoms with van der Waals surface area (Å²) < 4.78 is 0. The van der Waals surface area contributed by atoms with Gasteiger partial charge in [-0.3, -0.25) is 5.41 Å². The van der Waals surface area contributed by atoms with Crippen LogP contribution in [0.15, 0.2) is 42.5 Å². The Labute approximate surface area is 132 Å². The number of nitrogens with one attached hydrogen (secondary N) is 1. The van der Waals surface area contributed by atoms with Gasteiger partial charge in [-0.25, -0.2) is 4.90 Å². The number of hydrogen-bond donors (Lipinski definition) is 2. The van der Waals surface area contributed by atoms with Crippen molar-refractivity contribution in [2.24, 2.45) is 0 Å². The van der Waals surface area contributed by atoms with E-state index in [4.69, 9.17) is 33.9 Å². The van der Waals surface area contributed by atoms with E-state index in [1.165, 1.54) is 0 Å². The maximum atomic E-state index is 8.99. The van der Waals surface area contributed by atoms with Gasteiger partial charge in [-0.15, -0.1) is 12.6 Å². The highest BCUT2D eigenvalue weighted by Gasteiger charge is 2.13. The standard InChI is InChI=1S/C14H9Cl2N3S/c15-12-4-2-1-3-10(12)11-6-5-9(7-13(11)16)19(8-17)14(18)20/h1-7H,(H2,18,20). The van der Waals surface area contributed by atoms with Crippen molar-refractivity contribution in [3.63, 3.8) is 0 Å². The van der Waals surface area contributed by atoms with E-state index in [0.717, 1.165) is 16.0 Å². The van der Waals surface area contributed by atoms with Crippen molar-refractivity contribution in [1.29, 1.82) is 10.7 Å². The normalized spacial score (nSPS) is 9.90. The average Bonchev–Trinajstić information content (AvgIpc) is 2.40. The topological polar surface area (TPSA) is 50.9 Å². The van der Waals surface area contributed by atoms with E-state index < -0.39 is 0 Å². The maximum absolute atomic E-state index is 8.99. The predicted molar refractivity (Wildman–Crippen MR) is 86.7 cm³/mol. The summed E-state index contributed by atoms with van der Waals surface area (Å²) in [5.74, 6) is 0. The van der Waals surface area contributed by atoms with Gasteiger partial charge in [0.05, 0.1) is 10.7 Å². The third-order valence-corrected chi connectivity index (χ3v) is 3.53. The number of nitriles is 1. The molecule has 2 rings (SSSR count). The second kappa shape index (κ2) is 6.19. The Hall–Kier alpha value is -1.67. The molecule has 0 unspecified atom stereocenters. The van der Waals surface area contributed by atoms with Crippen LogP contribution in [-0.2, 0) is 0 Å². The lowest BCUT2D eigenvalue weighted by atomic mass is 10.1. The Bertz CT molecular complexity index is 710. The quantitative estimate of drug-likeness (QED) is 0.274. The van der Waals surface area contributed by atoms with E-state index in [2.05, 4.69) is 12.6 Å².